The summed E-state index contributed by atoms with van der Waals surface area (Å²) in [7, 11) is 0. The van der Waals surface area contributed by atoms with Crippen LogP contribution in [0.1, 0.15) is 69.0 Å². The minimum Gasteiger partial charge on any atom is -0.347 e. The van der Waals surface area contributed by atoms with E-state index in [-0.39, 0.29) is 0 Å². The summed E-state index contributed by atoms with van der Waals surface area (Å²) in [6.45, 7) is 4.71. The van der Waals surface area contributed by atoms with Gasteiger partial charge in [0.15, 0.2) is 0 Å². The third-order valence-electron chi connectivity index (χ3n) is 5.08. The van der Waals surface area contributed by atoms with Crippen molar-refractivity contribution in [1.82, 2.24) is 9.97 Å². The normalized spacial score (nSPS) is 26.7. The van der Waals surface area contributed by atoms with Gasteiger partial charge in [0.25, 0.3) is 0 Å². The summed E-state index contributed by atoms with van der Waals surface area (Å²) in [5, 5.41) is 0. The van der Waals surface area contributed by atoms with Crippen LogP contribution in [0.2, 0.25) is 0 Å². The third-order valence-corrected chi connectivity index (χ3v) is 5.42. The number of rotatable bonds is 2. The molecule has 3 heteroatoms. The van der Waals surface area contributed by atoms with E-state index in [1.165, 1.54) is 49.2 Å². The highest BCUT2D eigenvalue weighted by atomic mass is 32.1. The first-order valence-corrected chi connectivity index (χ1v) is 8.18. The van der Waals surface area contributed by atoms with Gasteiger partial charge in [-0.05, 0) is 56.8 Å². The fourth-order valence-corrected chi connectivity index (χ4v) is 4.05. The van der Waals surface area contributed by atoms with Crippen LogP contribution in [-0.2, 0) is 12.8 Å². The molecule has 0 amide bonds. The van der Waals surface area contributed by atoms with E-state index >= 15 is 0 Å². The first-order chi connectivity index (χ1) is 9.15. The second-order valence-corrected chi connectivity index (χ2v) is 6.98. The van der Waals surface area contributed by atoms with Gasteiger partial charge >= 0.3 is 0 Å². The molecule has 0 aliphatic heterocycles. The first kappa shape index (κ1) is 13.3. The summed E-state index contributed by atoms with van der Waals surface area (Å²) in [6.07, 6.45) is 8.78. The maximum absolute atomic E-state index is 5.47. The van der Waals surface area contributed by atoms with Crippen LogP contribution >= 0.6 is 12.2 Å². The molecule has 2 aliphatic carbocycles. The molecular formula is C16H24N2S. The molecule has 1 heterocycles. The van der Waals surface area contributed by atoms with Crippen molar-refractivity contribution in [2.75, 3.05) is 0 Å². The maximum atomic E-state index is 5.47. The topological polar surface area (TPSA) is 28.7 Å². The van der Waals surface area contributed by atoms with Gasteiger partial charge in [-0.3, -0.25) is 0 Å². The Balaban J connectivity index is 1.77. The van der Waals surface area contributed by atoms with E-state index < -0.39 is 0 Å². The Morgan fingerprint density at radius 2 is 1.89 bits per heavy atom. The Hall–Kier alpha value is -0.700. The van der Waals surface area contributed by atoms with Crippen LogP contribution in [0, 0.1) is 16.5 Å². The summed E-state index contributed by atoms with van der Waals surface area (Å²) < 4.78 is 0.868. The fourth-order valence-electron chi connectivity index (χ4n) is 3.73. The fraction of sp³-hybridized carbons (Fsp3) is 0.750. The van der Waals surface area contributed by atoms with Crippen LogP contribution in [0.4, 0.5) is 0 Å². The van der Waals surface area contributed by atoms with Crippen molar-refractivity contribution in [2.45, 2.75) is 64.7 Å². The Morgan fingerprint density at radius 3 is 2.58 bits per heavy atom. The lowest BCUT2D eigenvalue weighted by Gasteiger charge is -2.30. The van der Waals surface area contributed by atoms with E-state index in [2.05, 4.69) is 18.8 Å². The molecule has 1 fully saturated rings. The zero-order valence-electron chi connectivity index (χ0n) is 12.0. The van der Waals surface area contributed by atoms with Crippen LogP contribution < -0.4 is 0 Å². The Labute approximate surface area is 121 Å². The zero-order valence-corrected chi connectivity index (χ0v) is 12.9. The van der Waals surface area contributed by atoms with E-state index in [1.807, 2.05) is 0 Å². The van der Waals surface area contributed by atoms with Crippen molar-refractivity contribution in [1.29, 1.82) is 0 Å². The molecular weight excluding hydrogens is 252 g/mol. The lowest BCUT2D eigenvalue weighted by molar-refractivity contribution is 0.254. The van der Waals surface area contributed by atoms with Crippen LogP contribution in [0.25, 0.3) is 0 Å². The quantitative estimate of drug-likeness (QED) is 0.802. The maximum Gasteiger partial charge on any atom is 0.133 e. The van der Waals surface area contributed by atoms with Gasteiger partial charge in [-0.2, -0.15) is 0 Å². The lowest BCUT2D eigenvalue weighted by Crippen LogP contribution is -2.19. The Kier molecular flexibility index (Phi) is 3.75. The Morgan fingerprint density at radius 1 is 1.16 bits per heavy atom. The molecule has 0 atom stereocenters. The zero-order chi connectivity index (χ0) is 13.4. The second-order valence-electron chi connectivity index (χ2n) is 6.59. The predicted octanol–water partition coefficient (Wildman–Crippen LogP) is 4.56. The van der Waals surface area contributed by atoms with E-state index in [0.29, 0.717) is 5.92 Å². The number of nitrogens with one attached hydrogen (secondary N) is 1. The molecule has 2 nitrogen and oxygen atoms in total. The van der Waals surface area contributed by atoms with Gasteiger partial charge in [-0.15, -0.1) is 0 Å². The number of fused-ring (bicyclic) bond motifs is 1. The monoisotopic (exact) mass is 276 g/mol. The van der Waals surface area contributed by atoms with Crippen LogP contribution in [0.3, 0.4) is 0 Å². The average molecular weight is 276 g/mol. The molecule has 3 rings (SSSR count). The number of hydrogen-bond acceptors (Lipinski definition) is 2. The van der Waals surface area contributed by atoms with Crippen LogP contribution in [0.15, 0.2) is 0 Å². The van der Waals surface area contributed by atoms with Gasteiger partial charge in [-0.25, -0.2) is 4.98 Å². The summed E-state index contributed by atoms with van der Waals surface area (Å²) in [6, 6.07) is 0. The summed E-state index contributed by atoms with van der Waals surface area (Å²) >= 11 is 5.47. The third kappa shape index (κ3) is 2.62. The number of hydrogen-bond donors (Lipinski definition) is 1. The number of aromatic amines is 1. The summed E-state index contributed by atoms with van der Waals surface area (Å²) in [5.74, 6) is 3.52. The van der Waals surface area contributed by atoms with E-state index in [1.54, 1.807) is 0 Å². The van der Waals surface area contributed by atoms with E-state index in [0.717, 1.165) is 29.3 Å². The molecule has 0 saturated heterocycles. The van der Waals surface area contributed by atoms with Gasteiger partial charge in [0, 0.05) is 17.2 Å². The molecule has 104 valence electrons. The van der Waals surface area contributed by atoms with Crippen LogP contribution in [-0.4, -0.2) is 9.97 Å². The SMILES string of the molecule is CC(C)C1CCC(c2nc(=S)c3c([nH]2)CCC3)CC1. The highest BCUT2D eigenvalue weighted by Crippen LogP contribution is 2.38. The van der Waals surface area contributed by atoms with Crippen LogP contribution in [0.5, 0.6) is 0 Å². The average Bonchev–Trinajstić information content (AvgIpc) is 2.87. The number of nitrogens with zero attached hydrogens (tertiary/aromatic N) is 1. The molecule has 1 N–H and O–H groups in total. The van der Waals surface area contributed by atoms with Gasteiger partial charge in [0.05, 0.1) is 0 Å². The molecule has 1 aromatic rings. The smallest absolute Gasteiger partial charge is 0.133 e. The minimum absolute atomic E-state index is 0.614. The van der Waals surface area contributed by atoms with Gasteiger partial charge < -0.3 is 4.98 Å². The van der Waals surface area contributed by atoms with E-state index in [9.17, 15) is 0 Å². The molecule has 0 unspecified atom stereocenters. The molecule has 19 heavy (non-hydrogen) atoms. The van der Waals surface area contributed by atoms with Crippen molar-refractivity contribution in [3.05, 3.63) is 21.7 Å². The summed E-state index contributed by atoms with van der Waals surface area (Å²) in [5.41, 5.74) is 2.69. The van der Waals surface area contributed by atoms with Crippen molar-refractivity contribution in [3.63, 3.8) is 0 Å². The van der Waals surface area contributed by atoms with Crippen molar-refractivity contribution in [2.24, 2.45) is 11.8 Å². The number of H-pyrrole nitrogens is 1. The van der Waals surface area contributed by atoms with Gasteiger partial charge in [0.2, 0.25) is 0 Å². The number of aryl methyl sites for hydroxylation is 1. The molecule has 0 aromatic carbocycles. The standard InChI is InChI=1S/C16H24N2S/c1-10(2)11-6-8-12(9-7-11)15-17-14-5-3-4-13(14)16(19)18-15/h10-12H,3-9H2,1-2H3,(H,17,18,19). The van der Waals surface area contributed by atoms with Crippen molar-refractivity contribution >= 4 is 12.2 Å². The number of aromatic nitrogens is 2. The predicted molar refractivity (Wildman–Crippen MR) is 81.0 cm³/mol. The van der Waals surface area contributed by atoms with Crippen molar-refractivity contribution in [3.8, 4) is 0 Å². The molecule has 0 spiro atoms. The first-order valence-electron chi connectivity index (χ1n) is 7.77. The molecule has 1 aromatic heterocycles. The molecule has 2 aliphatic rings. The summed E-state index contributed by atoms with van der Waals surface area (Å²) in [4.78, 5) is 8.30. The highest BCUT2D eigenvalue weighted by molar-refractivity contribution is 7.71. The molecule has 0 bridgehead atoms. The van der Waals surface area contributed by atoms with Crippen molar-refractivity contribution < 1.29 is 0 Å². The van der Waals surface area contributed by atoms with Gasteiger partial charge in [-0.1, -0.05) is 26.1 Å². The second kappa shape index (κ2) is 5.35. The van der Waals surface area contributed by atoms with E-state index in [4.69, 9.17) is 17.2 Å². The Bertz CT molecular complexity index is 510. The van der Waals surface area contributed by atoms with Gasteiger partial charge in [0.1, 0.15) is 10.5 Å². The minimum atomic E-state index is 0.614. The highest BCUT2D eigenvalue weighted by Gasteiger charge is 2.26. The molecule has 0 radical (unpaired) electrons. The molecule has 1 saturated carbocycles. The largest absolute Gasteiger partial charge is 0.347 e. The lowest BCUT2D eigenvalue weighted by atomic mass is 9.76.